The Bertz CT molecular complexity index is 888. The Morgan fingerprint density at radius 3 is 2.68 bits per heavy atom. The molecule has 3 rings (SSSR count). The summed E-state index contributed by atoms with van der Waals surface area (Å²) in [5, 5.41) is 6.30. The molecule has 1 heterocycles. The van der Waals surface area contributed by atoms with Crippen LogP contribution in [0.1, 0.15) is 16.7 Å². The molecule has 2 N–H and O–H groups in total. The van der Waals surface area contributed by atoms with Gasteiger partial charge in [0.05, 0.1) is 17.3 Å². The minimum atomic E-state index is -0.234. The van der Waals surface area contributed by atoms with Crippen molar-refractivity contribution in [2.45, 2.75) is 20.3 Å². The van der Waals surface area contributed by atoms with Gasteiger partial charge in [-0.05, 0) is 55.2 Å². The number of benzene rings is 2. The molecule has 2 amide bonds. The minimum Gasteiger partial charge on any atom is -0.497 e. The van der Waals surface area contributed by atoms with Crippen molar-refractivity contribution in [2.75, 3.05) is 19.0 Å². The van der Waals surface area contributed by atoms with Gasteiger partial charge in [-0.3, -0.25) is 5.32 Å². The summed E-state index contributed by atoms with van der Waals surface area (Å²) < 4.78 is 6.22. The molecule has 6 heteroatoms. The van der Waals surface area contributed by atoms with Crippen molar-refractivity contribution in [1.82, 2.24) is 10.3 Å². The number of hydrogen-bond acceptors (Lipinski definition) is 4. The number of nitrogens with one attached hydrogen (secondary N) is 2. The molecular weight excluding hydrogens is 334 g/mol. The fourth-order valence-corrected chi connectivity index (χ4v) is 3.72. The molecule has 3 aromatic rings. The summed E-state index contributed by atoms with van der Waals surface area (Å²) >= 11 is 1.49. The molecule has 0 saturated heterocycles. The number of carbonyl (C=O) groups is 1. The molecule has 0 radical (unpaired) electrons. The lowest BCUT2D eigenvalue weighted by Crippen LogP contribution is -2.30. The lowest BCUT2D eigenvalue weighted by molar-refractivity contribution is 0.252. The maximum absolute atomic E-state index is 12.1. The highest BCUT2D eigenvalue weighted by molar-refractivity contribution is 7.22. The largest absolute Gasteiger partial charge is 0.497 e. The Balaban J connectivity index is 1.54. The van der Waals surface area contributed by atoms with Gasteiger partial charge in [0.25, 0.3) is 0 Å². The quantitative estimate of drug-likeness (QED) is 0.718. The number of nitrogens with zero attached hydrogens (tertiary/aromatic N) is 1. The SMILES string of the molecule is COc1ccc(CCNC(=O)Nc2nc3c(C)cc(C)cc3s2)cc1. The number of anilines is 1. The van der Waals surface area contributed by atoms with Gasteiger partial charge in [0, 0.05) is 6.54 Å². The third kappa shape index (κ3) is 4.28. The summed E-state index contributed by atoms with van der Waals surface area (Å²) in [6.07, 6.45) is 0.759. The monoisotopic (exact) mass is 355 g/mol. The normalized spacial score (nSPS) is 10.7. The van der Waals surface area contributed by atoms with Crippen molar-refractivity contribution in [3.05, 3.63) is 53.1 Å². The maximum atomic E-state index is 12.1. The van der Waals surface area contributed by atoms with E-state index in [-0.39, 0.29) is 6.03 Å². The van der Waals surface area contributed by atoms with E-state index in [1.54, 1.807) is 7.11 Å². The molecule has 2 aromatic carbocycles. The van der Waals surface area contributed by atoms with E-state index < -0.39 is 0 Å². The van der Waals surface area contributed by atoms with Gasteiger partial charge in [-0.25, -0.2) is 9.78 Å². The Kier molecular flexibility index (Phi) is 5.19. The van der Waals surface area contributed by atoms with Crippen LogP contribution in [0, 0.1) is 13.8 Å². The molecule has 0 aliphatic heterocycles. The van der Waals surface area contributed by atoms with Gasteiger partial charge >= 0.3 is 6.03 Å². The number of rotatable bonds is 5. The zero-order chi connectivity index (χ0) is 17.8. The summed E-state index contributed by atoms with van der Waals surface area (Å²) in [6.45, 7) is 4.65. The topological polar surface area (TPSA) is 63.2 Å². The van der Waals surface area contributed by atoms with E-state index in [9.17, 15) is 4.79 Å². The van der Waals surface area contributed by atoms with Crippen LogP contribution in [0.25, 0.3) is 10.2 Å². The number of fused-ring (bicyclic) bond motifs is 1. The summed E-state index contributed by atoms with van der Waals surface area (Å²) in [5.41, 5.74) is 4.42. The van der Waals surface area contributed by atoms with E-state index in [0.29, 0.717) is 11.7 Å². The highest BCUT2D eigenvalue weighted by atomic mass is 32.1. The van der Waals surface area contributed by atoms with Crippen LogP contribution in [-0.4, -0.2) is 24.7 Å². The Labute approximate surface area is 151 Å². The second kappa shape index (κ2) is 7.53. The van der Waals surface area contributed by atoms with Crippen LogP contribution in [-0.2, 0) is 6.42 Å². The first-order chi connectivity index (χ1) is 12.0. The molecule has 0 fully saturated rings. The maximum Gasteiger partial charge on any atom is 0.321 e. The van der Waals surface area contributed by atoms with Crippen molar-refractivity contribution < 1.29 is 9.53 Å². The minimum absolute atomic E-state index is 0.234. The van der Waals surface area contributed by atoms with E-state index in [0.717, 1.165) is 33.5 Å². The Morgan fingerprint density at radius 2 is 1.96 bits per heavy atom. The predicted octanol–water partition coefficient (Wildman–Crippen LogP) is 4.29. The molecule has 25 heavy (non-hydrogen) atoms. The van der Waals surface area contributed by atoms with E-state index in [4.69, 9.17) is 4.74 Å². The number of ether oxygens (including phenoxy) is 1. The van der Waals surface area contributed by atoms with Gasteiger partial charge in [0.2, 0.25) is 0 Å². The van der Waals surface area contributed by atoms with E-state index >= 15 is 0 Å². The van der Waals surface area contributed by atoms with Crippen molar-refractivity contribution in [3.63, 3.8) is 0 Å². The molecule has 5 nitrogen and oxygen atoms in total. The molecule has 0 unspecified atom stereocenters. The number of methoxy groups -OCH3 is 1. The molecule has 0 spiro atoms. The summed E-state index contributed by atoms with van der Waals surface area (Å²) in [5.74, 6) is 0.829. The second-order valence-electron chi connectivity index (χ2n) is 5.93. The third-order valence-electron chi connectivity index (χ3n) is 3.91. The lowest BCUT2D eigenvalue weighted by atomic mass is 10.1. The summed E-state index contributed by atoms with van der Waals surface area (Å²) in [4.78, 5) is 16.6. The number of aromatic nitrogens is 1. The first kappa shape index (κ1) is 17.2. The predicted molar refractivity (Wildman–Crippen MR) is 103 cm³/mol. The van der Waals surface area contributed by atoms with Crippen molar-refractivity contribution >= 4 is 32.7 Å². The molecule has 0 bridgehead atoms. The molecule has 0 aliphatic carbocycles. The average molecular weight is 355 g/mol. The molecule has 130 valence electrons. The summed E-state index contributed by atoms with van der Waals surface area (Å²) in [7, 11) is 1.64. The molecule has 0 aliphatic rings. The van der Waals surface area contributed by atoms with E-state index in [1.165, 1.54) is 16.9 Å². The van der Waals surface area contributed by atoms with Gasteiger partial charge in [-0.2, -0.15) is 0 Å². The van der Waals surface area contributed by atoms with E-state index in [1.807, 2.05) is 31.2 Å². The third-order valence-corrected chi connectivity index (χ3v) is 4.83. The lowest BCUT2D eigenvalue weighted by Gasteiger charge is -2.06. The van der Waals surface area contributed by atoms with Crippen LogP contribution in [0.2, 0.25) is 0 Å². The van der Waals surface area contributed by atoms with Crippen LogP contribution < -0.4 is 15.4 Å². The van der Waals surface area contributed by atoms with Crippen LogP contribution in [0.5, 0.6) is 5.75 Å². The van der Waals surface area contributed by atoms with Gasteiger partial charge < -0.3 is 10.1 Å². The van der Waals surface area contributed by atoms with Gasteiger partial charge in [-0.15, -0.1) is 0 Å². The first-order valence-electron chi connectivity index (χ1n) is 8.11. The van der Waals surface area contributed by atoms with Crippen LogP contribution in [0.15, 0.2) is 36.4 Å². The zero-order valence-electron chi connectivity index (χ0n) is 14.6. The summed E-state index contributed by atoms with van der Waals surface area (Å²) in [6, 6.07) is 11.8. The number of urea groups is 1. The van der Waals surface area contributed by atoms with Crippen molar-refractivity contribution in [3.8, 4) is 5.75 Å². The van der Waals surface area contributed by atoms with E-state index in [2.05, 4.69) is 34.7 Å². The fraction of sp³-hybridized carbons (Fsp3) is 0.263. The smallest absolute Gasteiger partial charge is 0.321 e. The molecule has 0 saturated carbocycles. The van der Waals surface area contributed by atoms with Crippen molar-refractivity contribution in [1.29, 1.82) is 0 Å². The number of amides is 2. The second-order valence-corrected chi connectivity index (χ2v) is 6.96. The van der Waals surface area contributed by atoms with Crippen LogP contribution in [0.3, 0.4) is 0 Å². The standard InChI is InChI=1S/C19H21N3O2S/c1-12-10-13(2)17-16(11-12)25-19(21-17)22-18(23)20-9-8-14-4-6-15(24-3)7-5-14/h4-7,10-11H,8-9H2,1-3H3,(H2,20,21,22,23). The average Bonchev–Trinajstić information content (AvgIpc) is 2.98. The molecular formula is C19H21N3O2S. The highest BCUT2D eigenvalue weighted by Gasteiger charge is 2.09. The number of hydrogen-bond donors (Lipinski definition) is 2. The zero-order valence-corrected chi connectivity index (χ0v) is 15.4. The van der Waals surface area contributed by atoms with Gasteiger partial charge in [0.1, 0.15) is 5.75 Å². The first-order valence-corrected chi connectivity index (χ1v) is 8.92. The van der Waals surface area contributed by atoms with Crippen molar-refractivity contribution in [2.24, 2.45) is 0 Å². The molecule has 1 aromatic heterocycles. The number of thiazole rings is 1. The highest BCUT2D eigenvalue weighted by Crippen LogP contribution is 2.29. The molecule has 0 atom stereocenters. The van der Waals surface area contributed by atoms with Crippen LogP contribution >= 0.6 is 11.3 Å². The number of carbonyl (C=O) groups excluding carboxylic acids is 1. The Hall–Kier alpha value is -2.60. The van der Waals surface area contributed by atoms with Gasteiger partial charge in [-0.1, -0.05) is 29.5 Å². The van der Waals surface area contributed by atoms with Crippen LogP contribution in [0.4, 0.5) is 9.93 Å². The Morgan fingerprint density at radius 1 is 1.20 bits per heavy atom. The fourth-order valence-electron chi connectivity index (χ4n) is 2.68. The van der Waals surface area contributed by atoms with Gasteiger partial charge in [0.15, 0.2) is 5.13 Å². The number of aryl methyl sites for hydroxylation is 2.